The second-order valence-corrected chi connectivity index (χ2v) is 4.42. The van der Waals surface area contributed by atoms with E-state index >= 15 is 0 Å². The molecule has 1 heterocycles. The van der Waals surface area contributed by atoms with Crippen LogP contribution in [0.4, 0.5) is 26.1 Å². The monoisotopic (exact) mass is 283 g/mol. The molecule has 3 nitrogen and oxygen atoms in total. The highest BCUT2D eigenvalue weighted by atomic mass is 35.5. The van der Waals surface area contributed by atoms with Crippen molar-refractivity contribution in [2.75, 3.05) is 17.7 Å². The summed E-state index contributed by atoms with van der Waals surface area (Å²) in [5, 5.41) is 5.88. The quantitative estimate of drug-likeness (QED) is 0.890. The molecule has 0 bridgehead atoms. The SMILES string of the molecule is CNc1nc(Nc2cc(Cl)ccc2C)c(F)cc1F. The number of hydrogen-bond acceptors (Lipinski definition) is 3. The van der Waals surface area contributed by atoms with Gasteiger partial charge in [0.1, 0.15) is 0 Å². The summed E-state index contributed by atoms with van der Waals surface area (Å²) >= 11 is 5.88. The summed E-state index contributed by atoms with van der Waals surface area (Å²) in [5.74, 6) is -1.59. The highest BCUT2D eigenvalue weighted by Crippen LogP contribution is 2.26. The molecule has 0 aliphatic rings. The minimum Gasteiger partial charge on any atom is -0.371 e. The van der Waals surface area contributed by atoms with E-state index in [1.165, 1.54) is 7.05 Å². The van der Waals surface area contributed by atoms with Crippen LogP contribution in [0.15, 0.2) is 24.3 Å². The predicted molar refractivity (Wildman–Crippen MR) is 73.2 cm³/mol. The maximum absolute atomic E-state index is 13.7. The van der Waals surface area contributed by atoms with Crippen molar-refractivity contribution in [3.05, 3.63) is 46.5 Å². The lowest BCUT2D eigenvalue weighted by Crippen LogP contribution is -2.04. The van der Waals surface area contributed by atoms with Gasteiger partial charge in [-0.15, -0.1) is 0 Å². The molecule has 0 amide bonds. The van der Waals surface area contributed by atoms with Gasteiger partial charge < -0.3 is 10.6 Å². The summed E-state index contributed by atoms with van der Waals surface area (Å²) in [7, 11) is 1.51. The van der Waals surface area contributed by atoms with E-state index in [4.69, 9.17) is 11.6 Å². The van der Waals surface area contributed by atoms with Crippen LogP contribution in [0.1, 0.15) is 5.56 Å². The number of nitrogens with one attached hydrogen (secondary N) is 2. The van der Waals surface area contributed by atoms with Crippen molar-refractivity contribution in [1.82, 2.24) is 4.98 Å². The third-order valence-corrected chi connectivity index (χ3v) is 2.85. The summed E-state index contributed by atoms with van der Waals surface area (Å²) in [5.41, 5.74) is 1.49. The Morgan fingerprint density at radius 1 is 1.11 bits per heavy atom. The van der Waals surface area contributed by atoms with Crippen LogP contribution in [-0.2, 0) is 0 Å². The zero-order valence-corrected chi connectivity index (χ0v) is 11.1. The summed E-state index contributed by atoms with van der Waals surface area (Å²) in [6, 6.07) is 5.96. The summed E-state index contributed by atoms with van der Waals surface area (Å²) in [6.45, 7) is 1.85. The molecule has 19 heavy (non-hydrogen) atoms. The number of aryl methyl sites for hydroxylation is 1. The highest BCUT2D eigenvalue weighted by molar-refractivity contribution is 6.30. The Bertz CT molecular complexity index is 617. The van der Waals surface area contributed by atoms with Crippen molar-refractivity contribution in [3.63, 3.8) is 0 Å². The fourth-order valence-corrected chi connectivity index (χ4v) is 1.76. The van der Waals surface area contributed by atoms with E-state index in [1.54, 1.807) is 18.2 Å². The number of benzene rings is 1. The molecule has 1 aromatic heterocycles. The number of halogens is 3. The van der Waals surface area contributed by atoms with Crippen molar-refractivity contribution >= 4 is 28.9 Å². The third-order valence-electron chi connectivity index (χ3n) is 2.62. The van der Waals surface area contributed by atoms with Gasteiger partial charge in [0.05, 0.1) is 0 Å². The molecule has 0 atom stereocenters. The summed E-state index contributed by atoms with van der Waals surface area (Å²) in [6.07, 6.45) is 0. The maximum atomic E-state index is 13.7. The molecule has 2 N–H and O–H groups in total. The lowest BCUT2D eigenvalue weighted by atomic mass is 10.2. The molecule has 1 aromatic carbocycles. The number of rotatable bonds is 3. The molecule has 2 rings (SSSR count). The predicted octanol–water partition coefficient (Wildman–Crippen LogP) is 4.11. The van der Waals surface area contributed by atoms with E-state index in [1.807, 2.05) is 6.92 Å². The normalized spacial score (nSPS) is 10.4. The Labute approximate surface area is 114 Å². The summed E-state index contributed by atoms with van der Waals surface area (Å²) in [4.78, 5) is 3.84. The summed E-state index contributed by atoms with van der Waals surface area (Å²) < 4.78 is 27.0. The molecule has 0 unspecified atom stereocenters. The van der Waals surface area contributed by atoms with Gasteiger partial charge in [-0.3, -0.25) is 0 Å². The van der Waals surface area contributed by atoms with Gasteiger partial charge in [0.25, 0.3) is 0 Å². The van der Waals surface area contributed by atoms with Crippen molar-refractivity contribution in [1.29, 1.82) is 0 Å². The second-order valence-electron chi connectivity index (χ2n) is 3.98. The van der Waals surface area contributed by atoms with Gasteiger partial charge in [-0.25, -0.2) is 13.8 Å². The van der Waals surface area contributed by atoms with E-state index in [-0.39, 0.29) is 11.6 Å². The number of anilines is 3. The van der Waals surface area contributed by atoms with E-state index in [0.29, 0.717) is 10.7 Å². The zero-order chi connectivity index (χ0) is 14.0. The van der Waals surface area contributed by atoms with Gasteiger partial charge in [0.15, 0.2) is 23.3 Å². The Morgan fingerprint density at radius 2 is 1.79 bits per heavy atom. The first-order chi connectivity index (χ1) is 9.01. The van der Waals surface area contributed by atoms with Crippen LogP contribution in [0.2, 0.25) is 5.02 Å². The number of hydrogen-bond donors (Lipinski definition) is 2. The van der Waals surface area contributed by atoms with Gasteiger partial charge in [-0.1, -0.05) is 17.7 Å². The van der Waals surface area contributed by atoms with E-state index in [2.05, 4.69) is 15.6 Å². The van der Waals surface area contributed by atoms with Gasteiger partial charge in [-0.2, -0.15) is 0 Å². The largest absolute Gasteiger partial charge is 0.371 e. The van der Waals surface area contributed by atoms with Gasteiger partial charge in [-0.05, 0) is 24.6 Å². The average Bonchev–Trinajstić information content (AvgIpc) is 2.37. The first kappa shape index (κ1) is 13.5. The molecule has 0 radical (unpaired) electrons. The molecule has 0 spiro atoms. The van der Waals surface area contributed by atoms with Crippen LogP contribution in [0.25, 0.3) is 0 Å². The van der Waals surface area contributed by atoms with Crippen LogP contribution >= 0.6 is 11.6 Å². The number of aromatic nitrogens is 1. The molecule has 2 aromatic rings. The lowest BCUT2D eigenvalue weighted by molar-refractivity contribution is 0.580. The van der Waals surface area contributed by atoms with Crippen molar-refractivity contribution in [2.24, 2.45) is 0 Å². The Morgan fingerprint density at radius 3 is 2.47 bits per heavy atom. The van der Waals surface area contributed by atoms with Crippen molar-refractivity contribution < 1.29 is 8.78 Å². The number of nitrogens with zero attached hydrogens (tertiary/aromatic N) is 1. The lowest BCUT2D eigenvalue weighted by Gasteiger charge is -2.11. The van der Waals surface area contributed by atoms with Crippen LogP contribution in [0.3, 0.4) is 0 Å². The highest BCUT2D eigenvalue weighted by Gasteiger charge is 2.12. The van der Waals surface area contributed by atoms with Crippen LogP contribution in [0.5, 0.6) is 0 Å². The smallest absolute Gasteiger partial charge is 0.169 e. The Kier molecular flexibility index (Phi) is 3.85. The van der Waals surface area contributed by atoms with Gasteiger partial charge in [0.2, 0.25) is 0 Å². The molecule has 6 heteroatoms. The van der Waals surface area contributed by atoms with Crippen LogP contribution in [-0.4, -0.2) is 12.0 Å². The molecule has 0 saturated carbocycles. The molecule has 100 valence electrons. The molecule has 0 aliphatic heterocycles. The standard InChI is InChI=1S/C13H12ClF2N3/c1-7-3-4-8(14)5-11(7)18-13-10(16)6-9(15)12(17-2)19-13/h3-6H,1-2H3,(H2,17,18,19). The van der Waals surface area contributed by atoms with Crippen molar-refractivity contribution in [3.8, 4) is 0 Å². The Balaban J connectivity index is 2.40. The van der Waals surface area contributed by atoms with E-state index < -0.39 is 11.6 Å². The minimum absolute atomic E-state index is 0.0245. The topological polar surface area (TPSA) is 37.0 Å². The third kappa shape index (κ3) is 2.93. The number of pyridine rings is 1. The Hall–Kier alpha value is -1.88. The van der Waals surface area contributed by atoms with Gasteiger partial charge in [0, 0.05) is 23.8 Å². The first-order valence-corrected chi connectivity index (χ1v) is 5.96. The van der Waals surface area contributed by atoms with Gasteiger partial charge >= 0.3 is 0 Å². The molecule has 0 fully saturated rings. The van der Waals surface area contributed by atoms with Crippen molar-refractivity contribution in [2.45, 2.75) is 6.92 Å². The van der Waals surface area contributed by atoms with Crippen LogP contribution in [0, 0.1) is 18.6 Å². The molecular weight excluding hydrogens is 272 g/mol. The maximum Gasteiger partial charge on any atom is 0.169 e. The molecule has 0 aliphatic carbocycles. The average molecular weight is 284 g/mol. The first-order valence-electron chi connectivity index (χ1n) is 5.58. The zero-order valence-electron chi connectivity index (χ0n) is 10.4. The fourth-order valence-electron chi connectivity index (χ4n) is 1.59. The second kappa shape index (κ2) is 5.40. The minimum atomic E-state index is -0.768. The van der Waals surface area contributed by atoms with E-state index in [0.717, 1.165) is 11.6 Å². The van der Waals surface area contributed by atoms with E-state index in [9.17, 15) is 8.78 Å². The molecule has 0 saturated heterocycles. The molecular formula is C13H12ClF2N3. The van der Waals surface area contributed by atoms with Crippen LogP contribution < -0.4 is 10.6 Å². The fraction of sp³-hybridized carbons (Fsp3) is 0.154.